The van der Waals surface area contributed by atoms with Crippen LogP contribution in [0.5, 0.6) is 0 Å². The number of carbonyl (C=O) groups excluding carboxylic acids is 1. The largest absolute Gasteiger partial charge is 0.388 e. The van der Waals surface area contributed by atoms with E-state index in [1.807, 2.05) is 0 Å². The van der Waals surface area contributed by atoms with Gasteiger partial charge in [0.2, 0.25) is 0 Å². The zero-order chi connectivity index (χ0) is 12.3. The van der Waals surface area contributed by atoms with Crippen LogP contribution in [0.25, 0.3) is 0 Å². The van der Waals surface area contributed by atoms with Gasteiger partial charge in [0, 0.05) is 12.7 Å². The van der Waals surface area contributed by atoms with Crippen LogP contribution in [0.2, 0.25) is 0 Å². The van der Waals surface area contributed by atoms with E-state index in [0.717, 1.165) is 25.7 Å². The van der Waals surface area contributed by atoms with E-state index in [1.54, 1.807) is 18.3 Å². The van der Waals surface area contributed by atoms with E-state index in [2.05, 4.69) is 26.2 Å². The number of rotatable bonds is 3. The fraction of sp³-hybridized carbons (Fsp3) is 0.500. The van der Waals surface area contributed by atoms with Crippen molar-refractivity contribution in [1.29, 1.82) is 0 Å². The zero-order valence-corrected chi connectivity index (χ0v) is 11.0. The summed E-state index contributed by atoms with van der Waals surface area (Å²) in [5.74, 6) is -0.203. The Labute approximate surface area is 109 Å². The molecule has 0 aliphatic heterocycles. The molecule has 0 atom stereocenters. The molecule has 2 N–H and O–H groups in total. The van der Waals surface area contributed by atoms with Crippen molar-refractivity contribution in [3.8, 4) is 0 Å². The summed E-state index contributed by atoms with van der Waals surface area (Å²) in [7, 11) is 0. The molecule has 0 radical (unpaired) electrons. The molecular weight excluding hydrogens is 284 g/mol. The number of nitrogens with one attached hydrogen (secondary N) is 1. The first-order chi connectivity index (χ1) is 8.11. The molecule has 0 aromatic carbocycles. The Morgan fingerprint density at radius 1 is 1.53 bits per heavy atom. The number of amides is 1. The Bertz CT molecular complexity index is 417. The molecule has 4 nitrogen and oxygen atoms in total. The van der Waals surface area contributed by atoms with E-state index in [-0.39, 0.29) is 5.91 Å². The molecule has 2 rings (SSSR count). The average molecular weight is 299 g/mol. The van der Waals surface area contributed by atoms with Gasteiger partial charge in [0.25, 0.3) is 5.91 Å². The number of carbonyl (C=O) groups is 1. The van der Waals surface area contributed by atoms with Crippen molar-refractivity contribution in [2.75, 3.05) is 6.54 Å². The Morgan fingerprint density at radius 2 is 2.24 bits per heavy atom. The summed E-state index contributed by atoms with van der Waals surface area (Å²) in [5, 5.41) is 12.9. The third-order valence-corrected chi connectivity index (χ3v) is 3.75. The van der Waals surface area contributed by atoms with Crippen LogP contribution in [-0.4, -0.2) is 28.1 Å². The lowest BCUT2D eigenvalue weighted by Crippen LogP contribution is -2.40. The quantitative estimate of drug-likeness (QED) is 0.838. The van der Waals surface area contributed by atoms with E-state index < -0.39 is 5.60 Å². The van der Waals surface area contributed by atoms with Gasteiger partial charge in [-0.25, -0.2) is 4.98 Å². The molecule has 92 valence electrons. The minimum atomic E-state index is -0.718. The fourth-order valence-corrected chi connectivity index (χ4v) is 2.54. The Kier molecular flexibility index (Phi) is 3.79. The summed E-state index contributed by atoms with van der Waals surface area (Å²) < 4.78 is 0.524. The van der Waals surface area contributed by atoms with Gasteiger partial charge in [0.15, 0.2) is 0 Å². The summed E-state index contributed by atoms with van der Waals surface area (Å²) in [4.78, 5) is 15.9. The van der Waals surface area contributed by atoms with E-state index >= 15 is 0 Å². The van der Waals surface area contributed by atoms with E-state index in [4.69, 9.17) is 0 Å². The van der Waals surface area contributed by atoms with E-state index in [1.165, 1.54) is 0 Å². The van der Waals surface area contributed by atoms with Crippen LogP contribution < -0.4 is 5.32 Å². The Hall–Kier alpha value is -0.940. The van der Waals surface area contributed by atoms with Gasteiger partial charge in [-0.1, -0.05) is 12.8 Å². The highest BCUT2D eigenvalue weighted by atomic mass is 79.9. The number of hydrogen-bond donors (Lipinski definition) is 2. The summed E-state index contributed by atoms with van der Waals surface area (Å²) >= 11 is 3.23. The summed E-state index contributed by atoms with van der Waals surface area (Å²) in [6, 6.07) is 3.41. The highest BCUT2D eigenvalue weighted by Gasteiger charge is 2.31. The number of halogens is 1. The molecule has 1 saturated carbocycles. The molecule has 17 heavy (non-hydrogen) atoms. The van der Waals surface area contributed by atoms with Crippen LogP contribution in [0.1, 0.15) is 36.0 Å². The molecular formula is C12H15BrN2O2. The average Bonchev–Trinajstić information content (AvgIpc) is 2.74. The number of aromatic nitrogens is 1. The SMILES string of the molecule is O=C(NCC1(O)CCCC1)c1cccnc1Br. The normalized spacial score (nSPS) is 18.0. The van der Waals surface area contributed by atoms with Crippen LogP contribution in [-0.2, 0) is 0 Å². The van der Waals surface area contributed by atoms with Crippen molar-refractivity contribution in [2.24, 2.45) is 0 Å². The lowest BCUT2D eigenvalue weighted by Gasteiger charge is -2.22. The second-order valence-electron chi connectivity index (χ2n) is 4.46. The lowest BCUT2D eigenvalue weighted by atomic mass is 10.0. The molecule has 1 aromatic heterocycles. The van der Waals surface area contributed by atoms with Gasteiger partial charge in [-0.2, -0.15) is 0 Å². The van der Waals surface area contributed by atoms with Gasteiger partial charge in [0.05, 0.1) is 11.2 Å². The topological polar surface area (TPSA) is 62.2 Å². The molecule has 1 fully saturated rings. The maximum atomic E-state index is 11.9. The number of nitrogens with zero attached hydrogens (tertiary/aromatic N) is 1. The van der Waals surface area contributed by atoms with Gasteiger partial charge in [-0.3, -0.25) is 4.79 Å². The highest BCUT2D eigenvalue weighted by Crippen LogP contribution is 2.28. The van der Waals surface area contributed by atoms with Crippen LogP contribution in [0.4, 0.5) is 0 Å². The molecule has 0 bridgehead atoms. The predicted molar refractivity (Wildman–Crippen MR) is 67.7 cm³/mol. The highest BCUT2D eigenvalue weighted by molar-refractivity contribution is 9.10. The van der Waals surface area contributed by atoms with Crippen LogP contribution >= 0.6 is 15.9 Å². The first-order valence-electron chi connectivity index (χ1n) is 5.72. The first-order valence-corrected chi connectivity index (χ1v) is 6.51. The smallest absolute Gasteiger partial charge is 0.254 e. The van der Waals surface area contributed by atoms with Gasteiger partial charge in [-0.05, 0) is 40.9 Å². The maximum Gasteiger partial charge on any atom is 0.254 e. The van der Waals surface area contributed by atoms with E-state index in [0.29, 0.717) is 16.7 Å². The van der Waals surface area contributed by atoms with Crippen LogP contribution in [0, 0.1) is 0 Å². The van der Waals surface area contributed by atoms with Gasteiger partial charge in [-0.15, -0.1) is 0 Å². The second kappa shape index (κ2) is 5.14. The number of hydrogen-bond acceptors (Lipinski definition) is 3. The summed E-state index contributed by atoms with van der Waals surface area (Å²) in [6.07, 6.45) is 5.21. The van der Waals surface area contributed by atoms with Gasteiger partial charge in [0.1, 0.15) is 4.60 Å². The van der Waals surface area contributed by atoms with Crippen molar-refractivity contribution in [1.82, 2.24) is 10.3 Å². The van der Waals surface area contributed by atoms with Crippen molar-refractivity contribution in [3.05, 3.63) is 28.5 Å². The monoisotopic (exact) mass is 298 g/mol. The zero-order valence-electron chi connectivity index (χ0n) is 9.45. The van der Waals surface area contributed by atoms with Crippen molar-refractivity contribution in [3.63, 3.8) is 0 Å². The Morgan fingerprint density at radius 3 is 2.88 bits per heavy atom. The predicted octanol–water partition coefficient (Wildman–Crippen LogP) is 1.88. The van der Waals surface area contributed by atoms with Crippen LogP contribution in [0.3, 0.4) is 0 Å². The first kappa shape index (κ1) is 12.5. The molecule has 0 spiro atoms. The van der Waals surface area contributed by atoms with Crippen LogP contribution in [0.15, 0.2) is 22.9 Å². The molecule has 1 aromatic rings. The lowest BCUT2D eigenvalue weighted by molar-refractivity contribution is 0.0449. The van der Waals surface area contributed by atoms with Crippen molar-refractivity contribution < 1.29 is 9.90 Å². The molecule has 0 unspecified atom stereocenters. The minimum absolute atomic E-state index is 0.203. The van der Waals surface area contributed by atoms with Gasteiger partial charge >= 0.3 is 0 Å². The number of aliphatic hydroxyl groups is 1. The molecule has 1 amide bonds. The summed E-state index contributed by atoms with van der Waals surface area (Å²) in [5.41, 5.74) is -0.223. The third kappa shape index (κ3) is 3.04. The molecule has 0 saturated heterocycles. The molecule has 1 heterocycles. The molecule has 1 aliphatic carbocycles. The summed E-state index contributed by atoms with van der Waals surface area (Å²) in [6.45, 7) is 0.313. The maximum absolute atomic E-state index is 11.9. The molecule has 5 heteroatoms. The minimum Gasteiger partial charge on any atom is -0.388 e. The fourth-order valence-electron chi connectivity index (χ4n) is 2.11. The third-order valence-electron chi connectivity index (χ3n) is 3.12. The van der Waals surface area contributed by atoms with E-state index in [9.17, 15) is 9.90 Å². The van der Waals surface area contributed by atoms with Gasteiger partial charge < -0.3 is 10.4 Å². The van der Waals surface area contributed by atoms with Crippen molar-refractivity contribution in [2.45, 2.75) is 31.3 Å². The van der Waals surface area contributed by atoms with Crippen molar-refractivity contribution >= 4 is 21.8 Å². The number of pyridine rings is 1. The standard InChI is InChI=1S/C12H15BrN2O2/c13-10-9(4-3-7-14-10)11(16)15-8-12(17)5-1-2-6-12/h3-4,7,17H,1-2,5-6,8H2,(H,15,16). The molecule has 1 aliphatic rings. The second-order valence-corrected chi connectivity index (χ2v) is 5.21. The Balaban J connectivity index is 1.96.